The van der Waals surface area contributed by atoms with Gasteiger partial charge in [0.15, 0.2) is 5.96 Å². The number of benzene rings is 2. The third-order valence-electron chi connectivity index (χ3n) is 4.57. The number of nitrogens with one attached hydrogen (secondary N) is 2. The molecule has 0 spiro atoms. The van der Waals surface area contributed by atoms with Gasteiger partial charge in [-0.15, -0.1) is 0 Å². The number of para-hydroxylation sites is 1. The number of nitrogens with zero attached hydrogens (tertiary/aromatic N) is 3. The summed E-state index contributed by atoms with van der Waals surface area (Å²) in [5, 5.41) is 6.77. The minimum Gasteiger partial charge on any atom is -0.496 e. The van der Waals surface area contributed by atoms with Crippen molar-refractivity contribution < 1.29 is 4.74 Å². The van der Waals surface area contributed by atoms with Crippen LogP contribution >= 0.6 is 0 Å². The lowest BCUT2D eigenvalue weighted by Gasteiger charge is -2.15. The van der Waals surface area contributed by atoms with Gasteiger partial charge in [0.2, 0.25) is 0 Å². The lowest BCUT2D eigenvalue weighted by Crippen LogP contribution is -2.38. The highest BCUT2D eigenvalue weighted by atomic mass is 16.5. The molecule has 0 aliphatic carbocycles. The lowest BCUT2D eigenvalue weighted by molar-refractivity contribution is 0.409. The molecule has 1 heterocycles. The van der Waals surface area contributed by atoms with Crippen LogP contribution in [0.1, 0.15) is 16.7 Å². The van der Waals surface area contributed by atoms with Gasteiger partial charge >= 0.3 is 0 Å². The van der Waals surface area contributed by atoms with Crippen LogP contribution in [0.15, 0.2) is 66.2 Å². The lowest BCUT2D eigenvalue weighted by atomic mass is 10.1. The third-order valence-corrected chi connectivity index (χ3v) is 4.57. The molecule has 0 saturated heterocycles. The van der Waals surface area contributed by atoms with Crippen LogP contribution in [0.25, 0.3) is 5.69 Å². The summed E-state index contributed by atoms with van der Waals surface area (Å²) >= 11 is 0. The molecule has 0 radical (unpaired) electrons. The van der Waals surface area contributed by atoms with Gasteiger partial charge in [-0.3, -0.25) is 4.99 Å². The first-order chi connectivity index (χ1) is 13.7. The molecule has 28 heavy (non-hydrogen) atoms. The molecule has 3 aromatic rings. The zero-order valence-corrected chi connectivity index (χ0v) is 16.6. The van der Waals surface area contributed by atoms with Gasteiger partial charge in [-0.2, -0.15) is 0 Å². The first-order valence-electron chi connectivity index (χ1n) is 9.35. The Morgan fingerprint density at radius 1 is 1.14 bits per heavy atom. The van der Waals surface area contributed by atoms with Crippen molar-refractivity contribution in [3.8, 4) is 11.4 Å². The summed E-state index contributed by atoms with van der Waals surface area (Å²) in [6.45, 7) is 3.53. The fourth-order valence-electron chi connectivity index (χ4n) is 3.13. The Bertz CT molecular complexity index is 918. The molecular formula is C22H27N5O. The van der Waals surface area contributed by atoms with E-state index in [1.165, 1.54) is 16.7 Å². The van der Waals surface area contributed by atoms with Crippen LogP contribution in [0.4, 0.5) is 0 Å². The Labute approximate surface area is 166 Å². The monoisotopic (exact) mass is 377 g/mol. The maximum absolute atomic E-state index is 5.46. The number of hydrogen-bond acceptors (Lipinski definition) is 3. The van der Waals surface area contributed by atoms with Crippen LogP contribution in [-0.4, -0.2) is 36.2 Å². The number of hydrogen-bond donors (Lipinski definition) is 2. The van der Waals surface area contributed by atoms with Gasteiger partial charge in [-0.05, 0) is 36.6 Å². The van der Waals surface area contributed by atoms with Crippen molar-refractivity contribution in [2.45, 2.75) is 19.9 Å². The van der Waals surface area contributed by atoms with Crippen molar-refractivity contribution in [3.63, 3.8) is 0 Å². The second-order valence-electron chi connectivity index (χ2n) is 6.52. The topological polar surface area (TPSA) is 63.5 Å². The quantitative estimate of drug-likeness (QED) is 0.491. The summed E-state index contributed by atoms with van der Waals surface area (Å²) < 4.78 is 7.47. The maximum atomic E-state index is 5.46. The molecule has 1 aromatic heterocycles. The van der Waals surface area contributed by atoms with Crippen molar-refractivity contribution in [2.24, 2.45) is 4.99 Å². The Kier molecular flexibility index (Phi) is 6.68. The van der Waals surface area contributed by atoms with Crippen molar-refractivity contribution in [2.75, 3.05) is 20.7 Å². The van der Waals surface area contributed by atoms with Crippen LogP contribution in [0.2, 0.25) is 0 Å². The largest absolute Gasteiger partial charge is 0.496 e. The Morgan fingerprint density at radius 2 is 2.00 bits per heavy atom. The van der Waals surface area contributed by atoms with Crippen LogP contribution in [0.3, 0.4) is 0 Å². The number of imidazole rings is 1. The summed E-state index contributed by atoms with van der Waals surface area (Å²) in [4.78, 5) is 8.47. The van der Waals surface area contributed by atoms with E-state index in [0.29, 0.717) is 6.54 Å². The van der Waals surface area contributed by atoms with Crippen molar-refractivity contribution in [1.82, 2.24) is 20.2 Å². The van der Waals surface area contributed by atoms with Crippen molar-refractivity contribution >= 4 is 5.96 Å². The maximum Gasteiger partial charge on any atom is 0.191 e. The van der Waals surface area contributed by atoms with E-state index in [9.17, 15) is 0 Å². The zero-order valence-electron chi connectivity index (χ0n) is 16.6. The number of rotatable bonds is 7. The first-order valence-corrected chi connectivity index (χ1v) is 9.35. The Morgan fingerprint density at radius 3 is 2.75 bits per heavy atom. The summed E-state index contributed by atoms with van der Waals surface area (Å²) in [6.07, 6.45) is 6.39. The fraction of sp³-hybridized carbons (Fsp3) is 0.273. The molecule has 0 unspecified atom stereocenters. The van der Waals surface area contributed by atoms with Crippen LogP contribution < -0.4 is 15.4 Å². The van der Waals surface area contributed by atoms with E-state index < -0.39 is 0 Å². The predicted octanol–water partition coefficient (Wildman–Crippen LogP) is 3.10. The minimum atomic E-state index is 0.668. The van der Waals surface area contributed by atoms with E-state index in [0.717, 1.165) is 30.4 Å². The molecule has 0 saturated carbocycles. The van der Waals surface area contributed by atoms with Gasteiger partial charge in [-0.25, -0.2) is 4.98 Å². The van der Waals surface area contributed by atoms with Gasteiger partial charge in [0.05, 0.1) is 19.1 Å². The average Bonchev–Trinajstić information content (AvgIpc) is 3.25. The summed E-state index contributed by atoms with van der Waals surface area (Å²) in [6, 6.07) is 14.5. The molecule has 0 fully saturated rings. The van der Waals surface area contributed by atoms with E-state index in [1.807, 2.05) is 29.0 Å². The highest BCUT2D eigenvalue weighted by Crippen LogP contribution is 2.19. The Hall–Kier alpha value is -3.28. The molecule has 0 atom stereocenters. The smallest absolute Gasteiger partial charge is 0.191 e. The molecule has 0 bridgehead atoms. The highest BCUT2D eigenvalue weighted by molar-refractivity contribution is 5.79. The summed E-state index contributed by atoms with van der Waals surface area (Å²) in [5.74, 6) is 1.69. The van der Waals surface area contributed by atoms with Gasteiger partial charge in [0, 0.05) is 32.5 Å². The molecule has 146 valence electrons. The van der Waals surface area contributed by atoms with Gasteiger partial charge in [0.1, 0.15) is 5.75 Å². The van der Waals surface area contributed by atoms with Crippen molar-refractivity contribution in [3.05, 3.63) is 77.9 Å². The predicted molar refractivity (Wildman–Crippen MR) is 113 cm³/mol. The second kappa shape index (κ2) is 9.60. The molecule has 6 heteroatoms. The molecule has 0 aliphatic rings. The van der Waals surface area contributed by atoms with Gasteiger partial charge < -0.3 is 19.9 Å². The molecule has 6 nitrogen and oxygen atoms in total. The number of methoxy groups -OCH3 is 1. The average molecular weight is 377 g/mol. The Balaban J connectivity index is 1.57. The normalized spacial score (nSPS) is 11.3. The van der Waals surface area contributed by atoms with E-state index in [1.54, 1.807) is 26.7 Å². The van der Waals surface area contributed by atoms with Crippen LogP contribution in [-0.2, 0) is 13.0 Å². The van der Waals surface area contributed by atoms with E-state index in [4.69, 9.17) is 4.74 Å². The number of aryl methyl sites for hydroxylation is 1. The minimum absolute atomic E-state index is 0.668. The first kappa shape index (κ1) is 19.5. The van der Waals surface area contributed by atoms with Crippen molar-refractivity contribution in [1.29, 1.82) is 0 Å². The number of aliphatic imine (C=N–C) groups is 1. The molecule has 0 amide bonds. The SMILES string of the molecule is CN=C(NCCc1cc(C)ccc1OC)NCc1ccccc1-n1ccnc1. The molecule has 0 aliphatic heterocycles. The van der Waals surface area contributed by atoms with Crippen LogP contribution in [0, 0.1) is 6.92 Å². The molecule has 2 N–H and O–H groups in total. The third kappa shape index (κ3) is 4.91. The number of guanidine groups is 1. The second-order valence-corrected chi connectivity index (χ2v) is 6.52. The van der Waals surface area contributed by atoms with Gasteiger partial charge in [-0.1, -0.05) is 35.9 Å². The van der Waals surface area contributed by atoms with E-state index in [-0.39, 0.29) is 0 Å². The molecular weight excluding hydrogens is 350 g/mol. The number of ether oxygens (including phenoxy) is 1. The van der Waals surface area contributed by atoms with E-state index in [2.05, 4.69) is 51.8 Å². The molecule has 2 aromatic carbocycles. The standard InChI is InChI=1S/C22H27N5O/c1-17-8-9-21(28-3)18(14-17)10-11-25-22(23-2)26-15-19-6-4-5-7-20(19)27-13-12-24-16-27/h4-9,12-14,16H,10-11,15H2,1-3H3,(H2,23,25,26). The van der Waals surface area contributed by atoms with E-state index >= 15 is 0 Å². The van der Waals surface area contributed by atoms with Crippen LogP contribution in [0.5, 0.6) is 5.75 Å². The summed E-state index contributed by atoms with van der Waals surface area (Å²) in [5.41, 5.74) is 4.70. The fourth-order valence-corrected chi connectivity index (χ4v) is 3.13. The number of aromatic nitrogens is 2. The zero-order chi connectivity index (χ0) is 19.8. The molecule has 3 rings (SSSR count). The highest BCUT2D eigenvalue weighted by Gasteiger charge is 2.06. The summed E-state index contributed by atoms with van der Waals surface area (Å²) in [7, 11) is 3.49. The van der Waals surface area contributed by atoms with Gasteiger partial charge in [0.25, 0.3) is 0 Å².